The van der Waals surface area contributed by atoms with E-state index in [0.717, 1.165) is 4.90 Å². The van der Waals surface area contributed by atoms with Crippen molar-refractivity contribution < 1.29 is 33.4 Å². The minimum absolute atomic E-state index is 0.0147. The van der Waals surface area contributed by atoms with Crippen molar-refractivity contribution in [3.63, 3.8) is 0 Å². The van der Waals surface area contributed by atoms with Crippen LogP contribution < -0.4 is 0 Å². The molecule has 2 aromatic carbocycles. The van der Waals surface area contributed by atoms with Crippen LogP contribution in [0.1, 0.15) is 75.7 Å². The summed E-state index contributed by atoms with van der Waals surface area (Å²) in [5.74, 6) is -2.60. The Morgan fingerprint density at radius 3 is 2.19 bits per heavy atom. The number of imide groups is 1. The molecule has 0 radical (unpaired) electrons. The number of Topliss-reactive ketones (excluding diaryl/α,β-unsaturated/α-hetero) is 1. The Balaban J connectivity index is 1.47. The second kappa shape index (κ2) is 9.61. The molecule has 3 aromatic rings. The Hall–Kier alpha value is -4.53. The van der Waals surface area contributed by atoms with E-state index in [-0.39, 0.29) is 23.4 Å². The summed E-state index contributed by atoms with van der Waals surface area (Å²) >= 11 is 0. The third kappa shape index (κ3) is 4.31. The van der Waals surface area contributed by atoms with E-state index in [1.807, 2.05) is 0 Å². The van der Waals surface area contributed by atoms with Crippen LogP contribution in [0.4, 0.5) is 0 Å². The number of rotatable bonds is 7. The Bertz CT molecular complexity index is 1380. The van der Waals surface area contributed by atoms with Gasteiger partial charge in [0.05, 0.1) is 41.6 Å². The summed E-state index contributed by atoms with van der Waals surface area (Å²) in [5.41, 5.74) is 2.71. The van der Waals surface area contributed by atoms with Crippen LogP contribution in [0.5, 0.6) is 0 Å². The molecule has 36 heavy (non-hydrogen) atoms. The second-order valence-corrected chi connectivity index (χ2v) is 8.47. The summed E-state index contributed by atoms with van der Waals surface area (Å²) in [6.07, 6.45) is -1.14. The van der Waals surface area contributed by atoms with Crippen LogP contribution in [0.3, 0.4) is 0 Å². The monoisotopic (exact) mass is 488 g/mol. The molecule has 1 aliphatic heterocycles. The van der Waals surface area contributed by atoms with Crippen LogP contribution in [-0.2, 0) is 16.0 Å². The van der Waals surface area contributed by atoms with Gasteiger partial charge in [-0.15, -0.1) is 0 Å². The first-order valence-electron chi connectivity index (χ1n) is 11.2. The van der Waals surface area contributed by atoms with Crippen molar-refractivity contribution in [2.75, 3.05) is 7.11 Å². The Kier molecular flexibility index (Phi) is 6.57. The third-order valence-corrected chi connectivity index (χ3v) is 6.11. The minimum Gasteiger partial charge on any atom is -0.465 e. The lowest BCUT2D eigenvalue weighted by atomic mass is 10.1. The van der Waals surface area contributed by atoms with E-state index in [4.69, 9.17) is 9.47 Å². The number of hydrogen-bond acceptors (Lipinski definition) is 7. The number of hydrogen-bond donors (Lipinski definition) is 1. The van der Waals surface area contributed by atoms with Gasteiger partial charge in [0, 0.05) is 5.69 Å². The van der Waals surface area contributed by atoms with Crippen LogP contribution >= 0.6 is 0 Å². The number of nitrogens with one attached hydrogen (secondary N) is 1. The topological polar surface area (TPSA) is 123 Å². The molecule has 9 nitrogen and oxygen atoms in total. The molecule has 0 spiro atoms. The molecule has 0 aliphatic carbocycles. The first kappa shape index (κ1) is 24.6. The lowest BCUT2D eigenvalue weighted by Gasteiger charge is -2.15. The molecule has 1 aromatic heterocycles. The molecule has 184 valence electrons. The highest BCUT2D eigenvalue weighted by Gasteiger charge is 2.35. The summed E-state index contributed by atoms with van der Waals surface area (Å²) in [6.45, 7) is 4.68. The van der Waals surface area contributed by atoms with Crippen molar-refractivity contribution in [2.24, 2.45) is 0 Å². The first-order valence-corrected chi connectivity index (χ1v) is 11.2. The fourth-order valence-corrected chi connectivity index (χ4v) is 4.25. The highest BCUT2D eigenvalue weighted by atomic mass is 16.5. The van der Waals surface area contributed by atoms with Gasteiger partial charge in [-0.1, -0.05) is 24.3 Å². The highest BCUT2D eigenvalue weighted by Crippen LogP contribution is 2.25. The molecular formula is C27H24N2O7. The van der Waals surface area contributed by atoms with E-state index in [1.54, 1.807) is 50.2 Å². The maximum Gasteiger partial charge on any atom is 0.339 e. The fraction of sp³-hybridized carbons (Fsp3) is 0.222. The largest absolute Gasteiger partial charge is 0.465 e. The summed E-state index contributed by atoms with van der Waals surface area (Å²) < 4.78 is 10.2. The van der Waals surface area contributed by atoms with Gasteiger partial charge in [0.25, 0.3) is 11.8 Å². The summed E-state index contributed by atoms with van der Waals surface area (Å²) in [6, 6.07) is 12.9. The predicted molar refractivity (Wildman–Crippen MR) is 128 cm³/mol. The predicted octanol–water partition coefficient (Wildman–Crippen LogP) is 3.64. The van der Waals surface area contributed by atoms with Gasteiger partial charge in [0.2, 0.25) is 5.78 Å². The van der Waals surface area contributed by atoms with E-state index >= 15 is 0 Å². The number of carbonyl (C=O) groups is 5. The molecule has 1 atom stereocenters. The van der Waals surface area contributed by atoms with Crippen molar-refractivity contribution in [2.45, 2.75) is 33.4 Å². The number of nitrogens with zero attached hydrogens (tertiary/aromatic N) is 1. The molecule has 4 rings (SSSR count). The van der Waals surface area contributed by atoms with Crippen molar-refractivity contribution in [1.29, 1.82) is 0 Å². The molecule has 1 N–H and O–H groups in total. The van der Waals surface area contributed by atoms with E-state index in [2.05, 4.69) is 4.98 Å². The smallest absolute Gasteiger partial charge is 0.339 e. The third-order valence-electron chi connectivity index (χ3n) is 6.11. The zero-order valence-corrected chi connectivity index (χ0v) is 20.2. The molecule has 0 saturated carbocycles. The Morgan fingerprint density at radius 1 is 0.944 bits per heavy atom. The molecule has 1 unspecified atom stereocenters. The maximum atomic E-state index is 12.9. The minimum atomic E-state index is -1.14. The number of H-pyrrole nitrogens is 1. The van der Waals surface area contributed by atoms with Crippen LogP contribution in [0.25, 0.3) is 0 Å². The van der Waals surface area contributed by atoms with Crippen LogP contribution in [0.2, 0.25) is 0 Å². The lowest BCUT2D eigenvalue weighted by Crippen LogP contribution is -2.29. The van der Waals surface area contributed by atoms with E-state index in [0.29, 0.717) is 27.9 Å². The van der Waals surface area contributed by atoms with Gasteiger partial charge < -0.3 is 14.5 Å². The molecule has 1 aliphatic rings. The molecule has 0 fully saturated rings. The van der Waals surface area contributed by atoms with Gasteiger partial charge in [-0.05, 0) is 56.2 Å². The molecule has 9 heteroatoms. The molecule has 2 heterocycles. The number of ketones is 1. The number of aromatic nitrogens is 1. The molecular weight excluding hydrogens is 464 g/mol. The Morgan fingerprint density at radius 2 is 1.58 bits per heavy atom. The average Bonchev–Trinajstić information content (AvgIpc) is 3.30. The van der Waals surface area contributed by atoms with Crippen molar-refractivity contribution in [1.82, 2.24) is 9.88 Å². The number of aromatic amines is 1. The number of carbonyl (C=O) groups excluding carboxylic acids is 5. The van der Waals surface area contributed by atoms with Gasteiger partial charge in [-0.2, -0.15) is 0 Å². The highest BCUT2D eigenvalue weighted by molar-refractivity contribution is 6.21. The lowest BCUT2D eigenvalue weighted by molar-refractivity contribution is 0.0316. The van der Waals surface area contributed by atoms with Crippen molar-refractivity contribution >= 4 is 29.5 Å². The van der Waals surface area contributed by atoms with Gasteiger partial charge >= 0.3 is 11.9 Å². The van der Waals surface area contributed by atoms with E-state index in [9.17, 15) is 24.0 Å². The summed E-state index contributed by atoms with van der Waals surface area (Å²) in [4.78, 5) is 67.0. The standard InChI is InChI=1S/C27H24N2O7/c1-14-21(27(34)35-4)15(2)28-22(14)23(30)16(3)36-26(33)18-9-7-8-17(12-18)13-29-24(31)19-10-5-6-11-20(19)25(29)32/h5-12,16,28H,13H2,1-4H3. The zero-order valence-electron chi connectivity index (χ0n) is 20.2. The van der Waals surface area contributed by atoms with Gasteiger partial charge in [0.1, 0.15) is 0 Å². The molecule has 0 saturated heterocycles. The number of fused-ring (bicyclic) bond motifs is 1. The number of benzene rings is 2. The first-order chi connectivity index (χ1) is 17.1. The fourth-order valence-electron chi connectivity index (χ4n) is 4.25. The molecule has 2 amide bonds. The van der Waals surface area contributed by atoms with Crippen LogP contribution in [0.15, 0.2) is 48.5 Å². The normalized spacial score (nSPS) is 13.4. The van der Waals surface area contributed by atoms with Crippen LogP contribution in [0, 0.1) is 13.8 Å². The number of esters is 2. The average molecular weight is 488 g/mol. The Labute approximate surface area is 207 Å². The van der Waals surface area contributed by atoms with Crippen LogP contribution in [-0.4, -0.2) is 52.6 Å². The number of amides is 2. The van der Waals surface area contributed by atoms with Crippen molar-refractivity contribution in [3.05, 3.63) is 93.3 Å². The van der Waals surface area contributed by atoms with Gasteiger partial charge in [0.15, 0.2) is 6.10 Å². The van der Waals surface area contributed by atoms with E-state index < -0.39 is 35.6 Å². The van der Waals surface area contributed by atoms with Gasteiger partial charge in [-0.3, -0.25) is 19.3 Å². The van der Waals surface area contributed by atoms with Crippen molar-refractivity contribution in [3.8, 4) is 0 Å². The number of ether oxygens (including phenoxy) is 2. The summed E-state index contributed by atoms with van der Waals surface area (Å²) in [7, 11) is 1.25. The van der Waals surface area contributed by atoms with E-state index in [1.165, 1.54) is 26.2 Å². The SMILES string of the molecule is COC(=O)c1c(C)[nH]c(C(=O)C(C)OC(=O)c2cccc(CN3C(=O)c4ccccc4C3=O)c2)c1C. The second-order valence-electron chi connectivity index (χ2n) is 8.47. The molecule has 0 bridgehead atoms. The number of methoxy groups -OCH3 is 1. The number of aryl methyl sites for hydroxylation is 1. The van der Waals surface area contributed by atoms with Gasteiger partial charge in [-0.25, -0.2) is 9.59 Å². The maximum absolute atomic E-state index is 12.9. The summed E-state index contributed by atoms with van der Waals surface area (Å²) in [5, 5.41) is 0. The quantitative estimate of drug-likeness (QED) is 0.306. The zero-order chi connectivity index (χ0) is 26.1.